The Hall–Kier alpha value is -1.91. The summed E-state index contributed by atoms with van der Waals surface area (Å²) in [5.41, 5.74) is 7.84. The highest BCUT2D eigenvalue weighted by atomic mass is 35.5. The molecule has 0 fully saturated rings. The van der Waals surface area contributed by atoms with E-state index in [-0.39, 0.29) is 0 Å². The van der Waals surface area contributed by atoms with E-state index in [0.29, 0.717) is 32.7 Å². The Balaban J connectivity index is 2.33. The normalized spacial score (nSPS) is 10.2. The molecule has 0 unspecified atom stereocenters. The second-order valence-electron chi connectivity index (χ2n) is 4.02. The number of hydrogen-bond donors (Lipinski definition) is 2. The van der Waals surface area contributed by atoms with Crippen LogP contribution in [0, 0.1) is 0 Å². The SMILES string of the molecule is COC(=O)c1ccc(Nc2c(Cl)cccc2Cl)c(N)c1. The van der Waals surface area contributed by atoms with Gasteiger partial charge in [-0.1, -0.05) is 29.3 Å². The fourth-order valence-electron chi connectivity index (χ4n) is 1.67. The van der Waals surface area contributed by atoms with Crippen molar-refractivity contribution in [3.05, 3.63) is 52.0 Å². The van der Waals surface area contributed by atoms with Gasteiger partial charge in [-0.3, -0.25) is 0 Å². The summed E-state index contributed by atoms with van der Waals surface area (Å²) in [6, 6.07) is 9.98. The van der Waals surface area contributed by atoms with E-state index in [0.717, 1.165) is 0 Å². The highest BCUT2D eigenvalue weighted by Gasteiger charge is 2.10. The smallest absolute Gasteiger partial charge is 0.337 e. The van der Waals surface area contributed by atoms with Gasteiger partial charge >= 0.3 is 5.97 Å². The van der Waals surface area contributed by atoms with Crippen LogP contribution in [0.1, 0.15) is 10.4 Å². The van der Waals surface area contributed by atoms with E-state index in [2.05, 4.69) is 10.1 Å². The van der Waals surface area contributed by atoms with Gasteiger partial charge in [0, 0.05) is 0 Å². The summed E-state index contributed by atoms with van der Waals surface area (Å²) < 4.78 is 4.63. The predicted octanol–water partition coefficient (Wildman–Crippen LogP) is 4.11. The molecule has 0 spiro atoms. The van der Waals surface area contributed by atoms with Crippen LogP contribution in [0.3, 0.4) is 0 Å². The molecule has 0 aromatic heterocycles. The molecule has 0 bridgehead atoms. The second kappa shape index (κ2) is 6.03. The lowest BCUT2D eigenvalue weighted by molar-refractivity contribution is 0.0601. The van der Waals surface area contributed by atoms with Gasteiger partial charge in [0.05, 0.1) is 39.8 Å². The van der Waals surface area contributed by atoms with Gasteiger partial charge in [-0.2, -0.15) is 0 Å². The van der Waals surface area contributed by atoms with E-state index in [4.69, 9.17) is 28.9 Å². The maximum absolute atomic E-state index is 11.4. The standard InChI is InChI=1S/C14H12Cl2N2O2/c1-20-14(19)8-5-6-12(11(17)7-8)18-13-9(15)3-2-4-10(13)16/h2-7,18H,17H2,1H3. The Labute approximate surface area is 126 Å². The molecule has 0 aliphatic carbocycles. The quantitative estimate of drug-likeness (QED) is 0.661. The summed E-state index contributed by atoms with van der Waals surface area (Å²) in [4.78, 5) is 11.4. The van der Waals surface area contributed by atoms with Gasteiger partial charge in [0.1, 0.15) is 0 Å². The van der Waals surface area contributed by atoms with Gasteiger partial charge in [-0.15, -0.1) is 0 Å². The lowest BCUT2D eigenvalue weighted by Gasteiger charge is -2.13. The highest BCUT2D eigenvalue weighted by molar-refractivity contribution is 6.39. The van der Waals surface area contributed by atoms with Gasteiger partial charge in [0.25, 0.3) is 0 Å². The van der Waals surface area contributed by atoms with Crippen LogP contribution in [0.2, 0.25) is 10.0 Å². The molecule has 0 aliphatic rings. The third kappa shape index (κ3) is 2.98. The molecule has 0 radical (unpaired) electrons. The van der Waals surface area contributed by atoms with Crippen molar-refractivity contribution in [3.63, 3.8) is 0 Å². The maximum atomic E-state index is 11.4. The summed E-state index contributed by atoms with van der Waals surface area (Å²) in [5.74, 6) is -0.445. The Morgan fingerprint density at radius 2 is 1.85 bits per heavy atom. The lowest BCUT2D eigenvalue weighted by atomic mass is 10.1. The average Bonchev–Trinajstić information content (AvgIpc) is 2.43. The summed E-state index contributed by atoms with van der Waals surface area (Å²) >= 11 is 12.1. The number of carbonyl (C=O) groups is 1. The second-order valence-corrected chi connectivity index (χ2v) is 4.83. The first-order chi connectivity index (χ1) is 9.52. The summed E-state index contributed by atoms with van der Waals surface area (Å²) in [7, 11) is 1.31. The molecule has 6 heteroatoms. The average molecular weight is 311 g/mol. The minimum atomic E-state index is -0.445. The molecule has 4 nitrogen and oxygen atoms in total. The van der Waals surface area contributed by atoms with Crippen molar-refractivity contribution in [1.82, 2.24) is 0 Å². The molecule has 0 atom stereocenters. The Morgan fingerprint density at radius 1 is 1.20 bits per heavy atom. The molecule has 0 heterocycles. The zero-order chi connectivity index (χ0) is 14.7. The van der Waals surface area contributed by atoms with Gasteiger partial charge in [-0.05, 0) is 30.3 Å². The number of carbonyl (C=O) groups excluding carboxylic acids is 1. The van der Waals surface area contributed by atoms with Crippen molar-refractivity contribution >= 4 is 46.2 Å². The third-order valence-electron chi connectivity index (χ3n) is 2.70. The molecular formula is C14H12Cl2N2O2. The Bertz CT molecular complexity index is 639. The lowest BCUT2D eigenvalue weighted by Crippen LogP contribution is -2.04. The van der Waals surface area contributed by atoms with Crippen LogP contribution in [0.4, 0.5) is 17.1 Å². The molecule has 0 saturated heterocycles. The number of anilines is 3. The molecule has 0 saturated carbocycles. The Morgan fingerprint density at radius 3 is 2.40 bits per heavy atom. The van der Waals surface area contributed by atoms with Gasteiger partial charge in [0.2, 0.25) is 0 Å². The molecule has 2 aromatic rings. The third-order valence-corrected chi connectivity index (χ3v) is 3.33. The topological polar surface area (TPSA) is 64.3 Å². The van der Waals surface area contributed by atoms with Gasteiger partial charge in [-0.25, -0.2) is 4.79 Å². The van der Waals surface area contributed by atoms with E-state index in [1.165, 1.54) is 13.2 Å². The van der Waals surface area contributed by atoms with E-state index in [1.807, 2.05) is 0 Å². The number of halogens is 2. The van der Waals surface area contributed by atoms with Crippen LogP contribution >= 0.6 is 23.2 Å². The summed E-state index contributed by atoms with van der Waals surface area (Å²) in [5, 5.41) is 4.01. The first-order valence-electron chi connectivity index (χ1n) is 5.72. The van der Waals surface area contributed by atoms with Crippen LogP contribution in [0.25, 0.3) is 0 Å². The number of ether oxygens (including phenoxy) is 1. The van der Waals surface area contributed by atoms with Crippen LogP contribution in [-0.2, 0) is 4.74 Å². The van der Waals surface area contributed by atoms with Gasteiger partial charge < -0.3 is 15.8 Å². The fraction of sp³-hybridized carbons (Fsp3) is 0.0714. The van der Waals surface area contributed by atoms with Crippen LogP contribution in [0.15, 0.2) is 36.4 Å². The zero-order valence-electron chi connectivity index (χ0n) is 10.6. The number of nitrogens with one attached hydrogen (secondary N) is 1. The highest BCUT2D eigenvalue weighted by Crippen LogP contribution is 2.34. The molecule has 20 heavy (non-hydrogen) atoms. The molecule has 0 aliphatic heterocycles. The molecule has 2 rings (SSSR count). The van der Waals surface area contributed by atoms with Crippen LogP contribution in [-0.4, -0.2) is 13.1 Å². The Kier molecular flexibility index (Phi) is 4.37. The van der Waals surface area contributed by atoms with E-state index in [9.17, 15) is 4.79 Å². The summed E-state index contributed by atoms with van der Waals surface area (Å²) in [6.45, 7) is 0. The monoisotopic (exact) mass is 310 g/mol. The number of nitrogen functional groups attached to an aromatic ring is 1. The number of methoxy groups -OCH3 is 1. The minimum Gasteiger partial charge on any atom is -0.465 e. The number of nitrogens with two attached hydrogens (primary N) is 1. The van der Waals surface area contributed by atoms with Crippen molar-refractivity contribution < 1.29 is 9.53 Å². The fourth-order valence-corrected chi connectivity index (χ4v) is 2.17. The number of rotatable bonds is 3. The maximum Gasteiger partial charge on any atom is 0.337 e. The minimum absolute atomic E-state index is 0.376. The summed E-state index contributed by atoms with van der Waals surface area (Å²) in [6.07, 6.45) is 0. The van der Waals surface area contributed by atoms with Crippen molar-refractivity contribution in [2.75, 3.05) is 18.2 Å². The molecule has 104 valence electrons. The first-order valence-corrected chi connectivity index (χ1v) is 6.47. The van der Waals surface area contributed by atoms with Crippen molar-refractivity contribution in [2.45, 2.75) is 0 Å². The van der Waals surface area contributed by atoms with E-state index >= 15 is 0 Å². The zero-order valence-corrected chi connectivity index (χ0v) is 12.1. The predicted molar refractivity (Wildman–Crippen MR) is 81.9 cm³/mol. The number of benzene rings is 2. The van der Waals surface area contributed by atoms with Crippen LogP contribution < -0.4 is 11.1 Å². The van der Waals surface area contributed by atoms with Crippen molar-refractivity contribution in [2.24, 2.45) is 0 Å². The first kappa shape index (κ1) is 14.5. The molecular weight excluding hydrogens is 299 g/mol. The van der Waals surface area contributed by atoms with E-state index in [1.54, 1.807) is 30.3 Å². The molecule has 3 N–H and O–H groups in total. The van der Waals surface area contributed by atoms with Crippen molar-refractivity contribution in [3.8, 4) is 0 Å². The van der Waals surface area contributed by atoms with E-state index < -0.39 is 5.97 Å². The number of hydrogen-bond acceptors (Lipinski definition) is 4. The number of esters is 1. The van der Waals surface area contributed by atoms with Crippen molar-refractivity contribution in [1.29, 1.82) is 0 Å². The molecule has 2 aromatic carbocycles. The van der Waals surface area contributed by atoms with Crippen LogP contribution in [0.5, 0.6) is 0 Å². The van der Waals surface area contributed by atoms with Gasteiger partial charge in [0.15, 0.2) is 0 Å². The number of para-hydroxylation sites is 1. The molecule has 0 amide bonds. The largest absolute Gasteiger partial charge is 0.465 e.